The number of aromatic nitrogens is 4. The summed E-state index contributed by atoms with van der Waals surface area (Å²) in [6.07, 6.45) is 0.827. The molecule has 14 heavy (non-hydrogen) atoms. The molecule has 72 valence electrons. The number of hydrogen-bond donors (Lipinski definition) is 1. The minimum Gasteiger partial charge on any atom is -0.263 e. The maximum Gasteiger partial charge on any atom is 0.199 e. The van der Waals surface area contributed by atoms with Gasteiger partial charge in [0.25, 0.3) is 0 Å². The molecular formula is C9H9ClN4. The third-order valence-corrected chi connectivity index (χ3v) is 2.02. The monoisotopic (exact) mass is 208 g/mol. The van der Waals surface area contributed by atoms with Gasteiger partial charge in [-0.05, 0) is 12.1 Å². The van der Waals surface area contributed by atoms with E-state index in [1.165, 1.54) is 0 Å². The molecule has 2 aromatic heterocycles. The van der Waals surface area contributed by atoms with Crippen LogP contribution in [0.25, 0.3) is 11.5 Å². The SMILES string of the molecule is CCc1nc(-c2cccc(Cl)n2)n[nH]1. The van der Waals surface area contributed by atoms with E-state index in [0.29, 0.717) is 16.7 Å². The lowest BCUT2D eigenvalue weighted by atomic mass is 10.3. The Kier molecular flexibility index (Phi) is 2.45. The fourth-order valence-electron chi connectivity index (χ4n) is 1.10. The Morgan fingerprint density at radius 3 is 2.86 bits per heavy atom. The van der Waals surface area contributed by atoms with Gasteiger partial charge in [-0.25, -0.2) is 9.97 Å². The molecule has 0 aliphatic carbocycles. The number of pyridine rings is 1. The van der Waals surface area contributed by atoms with Crippen molar-refractivity contribution in [1.82, 2.24) is 20.2 Å². The number of aromatic amines is 1. The molecule has 0 amide bonds. The molecule has 0 aromatic carbocycles. The summed E-state index contributed by atoms with van der Waals surface area (Å²) in [5.41, 5.74) is 0.688. The van der Waals surface area contributed by atoms with Crippen molar-refractivity contribution < 1.29 is 0 Å². The molecule has 4 nitrogen and oxygen atoms in total. The van der Waals surface area contributed by atoms with E-state index in [1.54, 1.807) is 6.07 Å². The molecule has 0 aliphatic heterocycles. The van der Waals surface area contributed by atoms with E-state index in [9.17, 15) is 0 Å². The van der Waals surface area contributed by atoms with Gasteiger partial charge in [0, 0.05) is 6.42 Å². The molecule has 0 saturated carbocycles. The maximum absolute atomic E-state index is 5.76. The molecule has 0 bridgehead atoms. The van der Waals surface area contributed by atoms with Gasteiger partial charge in [-0.1, -0.05) is 24.6 Å². The predicted molar refractivity (Wildman–Crippen MR) is 54.0 cm³/mol. The Hall–Kier alpha value is -1.42. The van der Waals surface area contributed by atoms with Crippen LogP contribution in [0.4, 0.5) is 0 Å². The fraction of sp³-hybridized carbons (Fsp3) is 0.222. The molecule has 2 rings (SSSR count). The quantitative estimate of drug-likeness (QED) is 0.769. The zero-order chi connectivity index (χ0) is 9.97. The first-order valence-corrected chi connectivity index (χ1v) is 4.71. The van der Waals surface area contributed by atoms with Crippen LogP contribution in [0.1, 0.15) is 12.7 Å². The average Bonchev–Trinajstić information content (AvgIpc) is 2.66. The summed E-state index contributed by atoms with van der Waals surface area (Å²) >= 11 is 5.76. The first kappa shape index (κ1) is 9.15. The molecule has 5 heteroatoms. The lowest BCUT2D eigenvalue weighted by Gasteiger charge is -1.93. The molecule has 0 saturated heterocycles. The standard InChI is InChI=1S/C9H9ClN4/c1-2-8-12-9(14-13-8)6-4-3-5-7(10)11-6/h3-5H,2H2,1H3,(H,12,13,14). The van der Waals surface area contributed by atoms with Gasteiger partial charge in [0.05, 0.1) is 0 Å². The number of aryl methyl sites for hydroxylation is 1. The number of hydrogen-bond acceptors (Lipinski definition) is 3. The van der Waals surface area contributed by atoms with E-state index in [-0.39, 0.29) is 0 Å². The molecule has 0 spiro atoms. The minimum atomic E-state index is 0.449. The molecule has 0 atom stereocenters. The van der Waals surface area contributed by atoms with Gasteiger partial charge in [0.1, 0.15) is 16.7 Å². The van der Waals surface area contributed by atoms with Gasteiger partial charge in [-0.2, -0.15) is 5.10 Å². The van der Waals surface area contributed by atoms with Crippen molar-refractivity contribution in [1.29, 1.82) is 0 Å². The first-order chi connectivity index (χ1) is 6.79. The number of nitrogens with one attached hydrogen (secondary N) is 1. The lowest BCUT2D eigenvalue weighted by Crippen LogP contribution is -1.86. The van der Waals surface area contributed by atoms with Gasteiger partial charge >= 0.3 is 0 Å². The van der Waals surface area contributed by atoms with Crippen molar-refractivity contribution in [3.63, 3.8) is 0 Å². The molecule has 0 unspecified atom stereocenters. The second-order valence-electron chi connectivity index (χ2n) is 2.80. The number of halogens is 1. The highest BCUT2D eigenvalue weighted by atomic mass is 35.5. The zero-order valence-electron chi connectivity index (χ0n) is 7.66. The molecule has 2 heterocycles. The molecule has 1 N–H and O–H groups in total. The normalized spacial score (nSPS) is 10.4. The van der Waals surface area contributed by atoms with Crippen molar-refractivity contribution in [3.8, 4) is 11.5 Å². The summed E-state index contributed by atoms with van der Waals surface area (Å²) < 4.78 is 0. The van der Waals surface area contributed by atoms with Gasteiger partial charge in [0.15, 0.2) is 5.82 Å². The maximum atomic E-state index is 5.76. The van der Waals surface area contributed by atoms with Crippen LogP contribution < -0.4 is 0 Å². The summed E-state index contributed by atoms with van der Waals surface area (Å²) in [5.74, 6) is 1.44. The van der Waals surface area contributed by atoms with E-state index >= 15 is 0 Å². The number of rotatable bonds is 2. The molecule has 0 radical (unpaired) electrons. The van der Waals surface area contributed by atoms with Crippen LogP contribution in [0.3, 0.4) is 0 Å². The Morgan fingerprint density at radius 1 is 1.36 bits per heavy atom. The average molecular weight is 209 g/mol. The molecule has 2 aromatic rings. The largest absolute Gasteiger partial charge is 0.263 e. The van der Waals surface area contributed by atoms with Gasteiger partial charge in [-0.15, -0.1) is 0 Å². The Bertz CT molecular complexity index is 438. The summed E-state index contributed by atoms with van der Waals surface area (Å²) in [4.78, 5) is 8.36. The van der Waals surface area contributed by atoms with Crippen molar-refractivity contribution in [3.05, 3.63) is 29.2 Å². The van der Waals surface area contributed by atoms with Crippen molar-refractivity contribution in [2.75, 3.05) is 0 Å². The molecular weight excluding hydrogens is 200 g/mol. The molecule has 0 fully saturated rings. The van der Waals surface area contributed by atoms with E-state index in [2.05, 4.69) is 20.2 Å². The van der Waals surface area contributed by atoms with E-state index in [1.807, 2.05) is 19.1 Å². The van der Waals surface area contributed by atoms with Crippen molar-refractivity contribution >= 4 is 11.6 Å². The van der Waals surface area contributed by atoms with E-state index in [4.69, 9.17) is 11.6 Å². The Balaban J connectivity index is 2.39. The second kappa shape index (κ2) is 3.75. The Labute approximate surface area is 86.4 Å². The van der Waals surface area contributed by atoms with Crippen molar-refractivity contribution in [2.24, 2.45) is 0 Å². The summed E-state index contributed by atoms with van der Waals surface area (Å²) in [6.45, 7) is 2.01. The zero-order valence-corrected chi connectivity index (χ0v) is 8.41. The van der Waals surface area contributed by atoms with Crippen LogP contribution in [-0.4, -0.2) is 20.2 Å². The second-order valence-corrected chi connectivity index (χ2v) is 3.19. The highest BCUT2D eigenvalue weighted by Crippen LogP contribution is 2.14. The van der Waals surface area contributed by atoms with Crippen LogP contribution in [0.5, 0.6) is 0 Å². The third-order valence-electron chi connectivity index (χ3n) is 1.81. The van der Waals surface area contributed by atoms with Crippen LogP contribution in [0.15, 0.2) is 18.2 Å². The van der Waals surface area contributed by atoms with Crippen LogP contribution in [0, 0.1) is 0 Å². The van der Waals surface area contributed by atoms with E-state index < -0.39 is 0 Å². The smallest absolute Gasteiger partial charge is 0.199 e. The minimum absolute atomic E-state index is 0.449. The highest BCUT2D eigenvalue weighted by Gasteiger charge is 2.05. The van der Waals surface area contributed by atoms with Gasteiger partial charge < -0.3 is 0 Å². The summed E-state index contributed by atoms with van der Waals surface area (Å²) in [7, 11) is 0. The summed E-state index contributed by atoms with van der Waals surface area (Å²) in [5, 5.41) is 7.32. The van der Waals surface area contributed by atoms with Crippen LogP contribution in [-0.2, 0) is 6.42 Å². The van der Waals surface area contributed by atoms with Crippen molar-refractivity contribution in [2.45, 2.75) is 13.3 Å². The predicted octanol–water partition coefficient (Wildman–Crippen LogP) is 2.08. The third kappa shape index (κ3) is 1.75. The topological polar surface area (TPSA) is 54.5 Å². The first-order valence-electron chi connectivity index (χ1n) is 4.34. The number of H-pyrrole nitrogens is 1. The Morgan fingerprint density at radius 2 is 2.21 bits per heavy atom. The number of nitrogens with zero attached hydrogens (tertiary/aromatic N) is 3. The lowest BCUT2D eigenvalue weighted by molar-refractivity contribution is 0.946. The highest BCUT2D eigenvalue weighted by molar-refractivity contribution is 6.29. The van der Waals surface area contributed by atoms with Crippen LogP contribution >= 0.6 is 11.6 Å². The van der Waals surface area contributed by atoms with Crippen LogP contribution in [0.2, 0.25) is 5.15 Å². The van der Waals surface area contributed by atoms with Gasteiger partial charge in [0.2, 0.25) is 0 Å². The fourth-order valence-corrected chi connectivity index (χ4v) is 1.26. The molecule has 0 aliphatic rings. The van der Waals surface area contributed by atoms with Gasteiger partial charge in [-0.3, -0.25) is 5.10 Å². The van der Waals surface area contributed by atoms with E-state index in [0.717, 1.165) is 12.2 Å². The summed E-state index contributed by atoms with van der Waals surface area (Å²) in [6, 6.07) is 5.37.